The van der Waals surface area contributed by atoms with E-state index in [1.807, 2.05) is 34.6 Å². The molecule has 5 N–H and O–H groups in total. The maximum Gasteiger partial charge on any atom is 0.327 e. The minimum absolute atomic E-state index is 0.00831. The van der Waals surface area contributed by atoms with Gasteiger partial charge in [0, 0.05) is 74.8 Å². The smallest absolute Gasteiger partial charge is 0.327 e. The SMILES string of the molecule is CCCCCN1C(=O)[C@H]([C@@H](C)O)NC(=O)[C@H](CC)N(C)C(=O)[C@H](Cc2ccccc2)N(C)C(=O)[C@H](C)NC(=O)[C@H](Cc2ccccc2)N(C)C(=O)[C@H](CC)N(C)C(=O)[C@H](CC(C)C)NC(=O)[C@H](C(C)C)N(C)C(=O)[C@@H](C(=O)N2CCCCC2)N[C@H](CC(C)C)N(C)C1=O. The van der Waals surface area contributed by atoms with Crippen molar-refractivity contribution < 1.29 is 57.8 Å². The lowest BCUT2D eigenvalue weighted by atomic mass is 9.97. The quantitative estimate of drug-likeness (QED) is 0.109. The van der Waals surface area contributed by atoms with Crippen LogP contribution in [0.4, 0.5) is 4.79 Å². The Bertz CT molecular complexity index is 2830. The Balaban J connectivity index is 2.00. The largest absolute Gasteiger partial charge is 0.391 e. The Labute approximate surface area is 552 Å². The predicted molar refractivity (Wildman–Crippen MR) is 356 cm³/mol. The van der Waals surface area contributed by atoms with Gasteiger partial charge in [0.05, 0.1) is 12.3 Å². The maximum atomic E-state index is 15.5. The summed E-state index contributed by atoms with van der Waals surface area (Å²) < 4.78 is 0. The number of aliphatic hydroxyl groups excluding tert-OH is 1. The number of hydrogen-bond acceptors (Lipinski definition) is 13. The van der Waals surface area contributed by atoms with Gasteiger partial charge in [-0.2, -0.15) is 0 Å². The fraction of sp³-hybridized carbons (Fsp3) is 0.667. The Morgan fingerprint density at radius 1 is 0.527 bits per heavy atom. The van der Waals surface area contributed by atoms with E-state index in [0.29, 0.717) is 56.3 Å². The van der Waals surface area contributed by atoms with E-state index >= 15 is 38.4 Å². The molecule has 12 amide bonds. The zero-order chi connectivity index (χ0) is 69.7. The Hall–Kier alpha value is -7.47. The second-order valence-electron chi connectivity index (χ2n) is 26.6. The number of carbonyl (C=O) groups is 11. The molecular formula is C69H110N12O12. The zero-order valence-corrected chi connectivity index (χ0v) is 58.5. The van der Waals surface area contributed by atoms with Crippen LogP contribution in [0.2, 0.25) is 0 Å². The lowest BCUT2D eigenvalue weighted by Crippen LogP contribution is -2.65. The van der Waals surface area contributed by atoms with E-state index in [2.05, 4.69) is 21.3 Å². The van der Waals surface area contributed by atoms with E-state index < -0.39 is 138 Å². The minimum Gasteiger partial charge on any atom is -0.391 e. The normalized spacial score (nSPS) is 25.6. The molecule has 2 heterocycles. The summed E-state index contributed by atoms with van der Waals surface area (Å²) in [6, 6.07) is 4.71. The highest BCUT2D eigenvalue weighted by atomic mass is 16.3. The molecule has 2 aromatic carbocycles. The third-order valence-electron chi connectivity index (χ3n) is 18.0. The van der Waals surface area contributed by atoms with Crippen LogP contribution in [-0.2, 0) is 60.8 Å². The van der Waals surface area contributed by atoms with Gasteiger partial charge >= 0.3 is 6.03 Å². The number of aliphatic hydroxyl groups is 1. The van der Waals surface area contributed by atoms with Crippen molar-refractivity contribution in [1.82, 2.24) is 60.5 Å². The fourth-order valence-corrected chi connectivity index (χ4v) is 12.4. The summed E-state index contributed by atoms with van der Waals surface area (Å²) in [5.74, 6) is -8.22. The van der Waals surface area contributed by atoms with Gasteiger partial charge in [0.25, 0.3) is 5.91 Å². The molecule has 24 heteroatoms. The number of urea groups is 1. The predicted octanol–water partition coefficient (Wildman–Crippen LogP) is 4.41. The number of carbonyl (C=O) groups excluding carboxylic acids is 11. The van der Waals surface area contributed by atoms with Gasteiger partial charge < -0.3 is 55.4 Å². The number of benzene rings is 2. The molecule has 518 valence electrons. The number of nitrogens with one attached hydrogen (secondary N) is 4. The number of unbranched alkanes of at least 4 members (excludes halogenated alkanes) is 2. The molecule has 0 saturated carbocycles. The van der Waals surface area contributed by atoms with Gasteiger partial charge in [-0.15, -0.1) is 0 Å². The second kappa shape index (κ2) is 36.8. The van der Waals surface area contributed by atoms with Crippen molar-refractivity contribution in [2.24, 2.45) is 17.8 Å². The highest BCUT2D eigenvalue weighted by molar-refractivity contribution is 6.06. The number of amides is 12. The molecule has 0 aliphatic carbocycles. The van der Waals surface area contributed by atoms with E-state index in [9.17, 15) is 19.5 Å². The highest BCUT2D eigenvalue weighted by Gasteiger charge is 2.45. The zero-order valence-electron chi connectivity index (χ0n) is 58.5. The first-order chi connectivity index (χ1) is 43.8. The fourth-order valence-electron chi connectivity index (χ4n) is 12.4. The maximum absolute atomic E-state index is 15.5. The van der Waals surface area contributed by atoms with Crippen LogP contribution in [0.1, 0.15) is 151 Å². The second-order valence-corrected chi connectivity index (χ2v) is 26.6. The first-order valence-corrected chi connectivity index (χ1v) is 33.5. The monoisotopic (exact) mass is 1300 g/mol. The molecule has 2 aromatic rings. The van der Waals surface area contributed by atoms with Crippen LogP contribution in [0.25, 0.3) is 0 Å². The van der Waals surface area contributed by atoms with Crippen LogP contribution in [0.3, 0.4) is 0 Å². The molecule has 2 fully saturated rings. The molecule has 4 rings (SSSR count). The van der Waals surface area contributed by atoms with Crippen LogP contribution < -0.4 is 21.3 Å². The molecule has 0 bridgehead atoms. The molecule has 0 radical (unpaired) electrons. The van der Waals surface area contributed by atoms with Gasteiger partial charge in [0.2, 0.25) is 53.2 Å². The summed E-state index contributed by atoms with van der Waals surface area (Å²) in [7, 11) is 8.54. The number of hydrogen-bond donors (Lipinski definition) is 5. The summed E-state index contributed by atoms with van der Waals surface area (Å²) in [5.41, 5.74) is 1.34. The number of likely N-dealkylation sites (N-methyl/N-ethyl adjacent to an activating group) is 5. The number of imide groups is 1. The van der Waals surface area contributed by atoms with Crippen molar-refractivity contribution >= 4 is 65.1 Å². The molecular weight excluding hydrogens is 1190 g/mol. The summed E-state index contributed by atoms with van der Waals surface area (Å²) in [6.07, 6.45) is 1.39. The lowest BCUT2D eigenvalue weighted by molar-refractivity contribution is -0.151. The van der Waals surface area contributed by atoms with Gasteiger partial charge in [-0.25, -0.2) is 4.79 Å². The third-order valence-corrected chi connectivity index (χ3v) is 18.0. The number of nitrogens with zero attached hydrogens (tertiary/aromatic N) is 8. The highest BCUT2D eigenvalue weighted by Crippen LogP contribution is 2.23. The lowest BCUT2D eigenvalue weighted by Gasteiger charge is -2.40. The van der Waals surface area contributed by atoms with Gasteiger partial charge in [0.15, 0.2) is 6.04 Å². The van der Waals surface area contributed by atoms with E-state index in [0.717, 1.165) is 11.3 Å². The molecule has 2 aliphatic rings. The van der Waals surface area contributed by atoms with Crippen LogP contribution >= 0.6 is 0 Å². The van der Waals surface area contributed by atoms with Crippen LogP contribution in [-0.4, -0.2) is 238 Å². The minimum atomic E-state index is -1.74. The number of piperidine rings is 1. The van der Waals surface area contributed by atoms with E-state index in [1.54, 1.807) is 93.3 Å². The van der Waals surface area contributed by atoms with Crippen molar-refractivity contribution in [2.45, 2.75) is 220 Å². The van der Waals surface area contributed by atoms with Crippen molar-refractivity contribution in [1.29, 1.82) is 0 Å². The van der Waals surface area contributed by atoms with E-state index in [4.69, 9.17) is 0 Å². The molecule has 0 unspecified atom stereocenters. The average molecular weight is 1300 g/mol. The van der Waals surface area contributed by atoms with Crippen LogP contribution in [0, 0.1) is 17.8 Å². The van der Waals surface area contributed by atoms with Crippen molar-refractivity contribution in [2.75, 3.05) is 61.9 Å². The molecule has 93 heavy (non-hydrogen) atoms. The topological polar surface area (TPSA) is 282 Å². The first kappa shape index (κ1) is 78.0. The van der Waals surface area contributed by atoms with E-state index in [1.165, 1.54) is 85.5 Å². The molecule has 0 aromatic heterocycles. The van der Waals surface area contributed by atoms with Gasteiger partial charge in [-0.3, -0.25) is 58.2 Å². The summed E-state index contributed by atoms with van der Waals surface area (Å²) in [5, 5.41) is 23.1. The standard InChI is InChI=1S/C69H110N12O12/c1-18-21-29-38-81-68(92)56(47(11)82)73-59(83)51(19-2)74(12)65(89)54(42-49-34-27-23-28-35-49)77(15)62(86)46(10)70-60(84)53(41-48-32-25-22-26-33-48)76(14)64(88)52(20-3)75(13)63(87)50(39-43(4)5)71-61(85)58(45(8)9)79(17)66(90)57(67(91)80-36-30-24-31-37-80)72-55(40-44(6)7)78(16)69(81)93/h22-23,25-28,32-35,43-47,50-58,72,82H,18-21,24,29-31,36-42H2,1-17H3,(H,70,84)(H,71,85)(H,73,83)/t46-,47+,50-,51-,52-,53-,54-,55-,56-,57-,58-/m0/s1. The van der Waals surface area contributed by atoms with Gasteiger partial charge in [0.1, 0.15) is 48.3 Å². The number of likely N-dealkylation sites (tertiary alicyclic amines) is 1. The summed E-state index contributed by atoms with van der Waals surface area (Å²) >= 11 is 0. The molecule has 24 nitrogen and oxygen atoms in total. The molecule has 2 aliphatic heterocycles. The molecule has 0 spiro atoms. The summed E-state index contributed by atoms with van der Waals surface area (Å²) in [6.45, 7) is 19.5. The van der Waals surface area contributed by atoms with E-state index in [-0.39, 0.29) is 56.9 Å². The van der Waals surface area contributed by atoms with Gasteiger partial charge in [-0.05, 0) is 94.1 Å². The summed E-state index contributed by atoms with van der Waals surface area (Å²) in [4.78, 5) is 175. The Kier molecular flexibility index (Phi) is 30.9. The van der Waals surface area contributed by atoms with Crippen molar-refractivity contribution in [3.63, 3.8) is 0 Å². The van der Waals surface area contributed by atoms with Crippen molar-refractivity contribution in [3.05, 3.63) is 71.8 Å². The van der Waals surface area contributed by atoms with Crippen LogP contribution in [0.15, 0.2) is 60.7 Å². The van der Waals surface area contributed by atoms with Gasteiger partial charge in [-0.1, -0.05) is 136 Å². The Morgan fingerprint density at radius 3 is 1.53 bits per heavy atom. The third kappa shape index (κ3) is 21.0. The Morgan fingerprint density at radius 2 is 1.02 bits per heavy atom. The average Bonchev–Trinajstić information content (AvgIpc) is 0.851. The van der Waals surface area contributed by atoms with Crippen molar-refractivity contribution in [3.8, 4) is 0 Å². The van der Waals surface area contributed by atoms with Crippen LogP contribution in [0.5, 0.6) is 0 Å². The first-order valence-electron chi connectivity index (χ1n) is 33.5. The molecule has 11 atom stereocenters. The molecule has 2 saturated heterocycles. The number of rotatable bonds is 17.